The summed E-state index contributed by atoms with van der Waals surface area (Å²) in [7, 11) is 1.62. The molecule has 1 aliphatic rings. The molecule has 2 aromatic carbocycles. The molecular formula is C18H18O3. The van der Waals surface area contributed by atoms with Crippen LogP contribution in [0.4, 0.5) is 0 Å². The van der Waals surface area contributed by atoms with Crippen LogP contribution >= 0.6 is 0 Å². The van der Waals surface area contributed by atoms with Crippen molar-refractivity contribution in [3.05, 3.63) is 59.7 Å². The van der Waals surface area contributed by atoms with Crippen LogP contribution in [0.1, 0.15) is 22.3 Å². The summed E-state index contributed by atoms with van der Waals surface area (Å²) < 4.78 is 11.0. The predicted octanol–water partition coefficient (Wildman–Crippen LogP) is 3.52. The van der Waals surface area contributed by atoms with E-state index in [1.54, 1.807) is 7.11 Å². The molecule has 0 fully saturated rings. The zero-order chi connectivity index (χ0) is 14.7. The molecular weight excluding hydrogens is 264 g/mol. The van der Waals surface area contributed by atoms with Gasteiger partial charge < -0.3 is 9.47 Å². The van der Waals surface area contributed by atoms with E-state index in [0.29, 0.717) is 6.61 Å². The zero-order valence-corrected chi connectivity index (χ0v) is 12.0. The quantitative estimate of drug-likeness (QED) is 0.841. The molecule has 0 amide bonds. The van der Waals surface area contributed by atoms with Crippen molar-refractivity contribution in [1.29, 1.82) is 0 Å². The first-order valence-electron chi connectivity index (χ1n) is 7.17. The van der Waals surface area contributed by atoms with Crippen molar-refractivity contribution in [3.8, 4) is 11.5 Å². The smallest absolute Gasteiger partial charge is 0.166 e. The summed E-state index contributed by atoms with van der Waals surface area (Å²) in [5, 5.41) is 0. The molecule has 0 radical (unpaired) electrons. The first-order valence-corrected chi connectivity index (χ1v) is 7.17. The van der Waals surface area contributed by atoms with Crippen LogP contribution in [-0.2, 0) is 6.42 Å². The molecule has 0 aliphatic heterocycles. The molecule has 0 saturated heterocycles. The van der Waals surface area contributed by atoms with Gasteiger partial charge in [-0.1, -0.05) is 36.4 Å². The Bertz CT molecular complexity index is 648. The minimum Gasteiger partial charge on any atom is -0.493 e. The average molecular weight is 282 g/mol. The molecule has 0 bridgehead atoms. The van der Waals surface area contributed by atoms with E-state index in [1.165, 1.54) is 0 Å². The number of para-hydroxylation sites is 2. The molecule has 0 spiro atoms. The van der Waals surface area contributed by atoms with Gasteiger partial charge in [-0.2, -0.15) is 0 Å². The zero-order valence-electron chi connectivity index (χ0n) is 12.0. The minimum atomic E-state index is 0.0390. The summed E-state index contributed by atoms with van der Waals surface area (Å²) in [4.78, 5) is 12.3. The molecule has 21 heavy (non-hydrogen) atoms. The van der Waals surface area contributed by atoms with Gasteiger partial charge in [0.2, 0.25) is 0 Å². The normalized spacial score (nSPS) is 16.6. The van der Waals surface area contributed by atoms with Crippen LogP contribution in [0.5, 0.6) is 11.5 Å². The van der Waals surface area contributed by atoms with E-state index in [9.17, 15) is 4.79 Å². The Morgan fingerprint density at radius 3 is 2.52 bits per heavy atom. The van der Waals surface area contributed by atoms with Crippen molar-refractivity contribution in [3.63, 3.8) is 0 Å². The maximum Gasteiger partial charge on any atom is 0.166 e. The summed E-state index contributed by atoms with van der Waals surface area (Å²) in [6.45, 7) is 0.519. The maximum absolute atomic E-state index is 12.3. The number of Topliss-reactive ketones (excluding diaryl/α,β-unsaturated/α-hetero) is 1. The Morgan fingerprint density at radius 1 is 1.05 bits per heavy atom. The molecule has 0 heterocycles. The highest BCUT2D eigenvalue weighted by atomic mass is 16.5. The average Bonchev–Trinajstić information content (AvgIpc) is 2.85. The number of ether oxygens (including phenoxy) is 2. The summed E-state index contributed by atoms with van der Waals surface area (Å²) in [6, 6.07) is 15.4. The second kappa shape index (κ2) is 6.00. The first-order chi connectivity index (χ1) is 10.3. The van der Waals surface area contributed by atoms with E-state index in [1.807, 2.05) is 48.5 Å². The fraction of sp³-hybridized carbons (Fsp3) is 0.278. The number of hydrogen-bond donors (Lipinski definition) is 0. The number of carbonyl (C=O) groups is 1. The van der Waals surface area contributed by atoms with Crippen LogP contribution in [0.15, 0.2) is 48.5 Å². The fourth-order valence-electron chi connectivity index (χ4n) is 2.80. The van der Waals surface area contributed by atoms with Gasteiger partial charge in [-0.25, -0.2) is 0 Å². The molecule has 108 valence electrons. The van der Waals surface area contributed by atoms with Crippen molar-refractivity contribution in [2.24, 2.45) is 5.92 Å². The lowest BCUT2D eigenvalue weighted by Crippen LogP contribution is -2.13. The largest absolute Gasteiger partial charge is 0.493 e. The fourth-order valence-corrected chi connectivity index (χ4v) is 2.80. The number of ketones is 1. The van der Waals surface area contributed by atoms with Gasteiger partial charge in [0, 0.05) is 11.5 Å². The third kappa shape index (κ3) is 2.77. The molecule has 3 rings (SSSR count). The highest BCUT2D eigenvalue weighted by Crippen LogP contribution is 2.30. The number of methoxy groups -OCH3 is 1. The molecule has 2 aromatic rings. The number of carbonyl (C=O) groups excluding carboxylic acids is 1. The van der Waals surface area contributed by atoms with E-state index >= 15 is 0 Å². The van der Waals surface area contributed by atoms with Gasteiger partial charge in [-0.15, -0.1) is 0 Å². The maximum atomic E-state index is 12.3. The second-order valence-electron chi connectivity index (χ2n) is 5.21. The molecule has 0 N–H and O–H groups in total. The molecule has 3 heteroatoms. The minimum absolute atomic E-state index is 0.0390. The van der Waals surface area contributed by atoms with Gasteiger partial charge in [-0.3, -0.25) is 4.79 Å². The van der Waals surface area contributed by atoms with Crippen LogP contribution < -0.4 is 9.47 Å². The van der Waals surface area contributed by atoms with E-state index in [2.05, 4.69) is 0 Å². The van der Waals surface area contributed by atoms with Crippen molar-refractivity contribution in [1.82, 2.24) is 0 Å². The number of hydrogen-bond acceptors (Lipinski definition) is 3. The number of benzene rings is 2. The molecule has 1 aliphatic carbocycles. The van der Waals surface area contributed by atoms with Gasteiger partial charge in [0.1, 0.15) is 0 Å². The second-order valence-corrected chi connectivity index (χ2v) is 5.21. The van der Waals surface area contributed by atoms with Gasteiger partial charge in [0.25, 0.3) is 0 Å². The highest BCUT2D eigenvalue weighted by Gasteiger charge is 2.29. The molecule has 1 atom stereocenters. The molecule has 0 saturated carbocycles. The van der Waals surface area contributed by atoms with Gasteiger partial charge in [-0.05, 0) is 30.5 Å². The van der Waals surface area contributed by atoms with E-state index in [4.69, 9.17) is 9.47 Å². The van der Waals surface area contributed by atoms with Crippen molar-refractivity contribution >= 4 is 5.78 Å². The van der Waals surface area contributed by atoms with Gasteiger partial charge >= 0.3 is 0 Å². The third-order valence-electron chi connectivity index (χ3n) is 3.91. The van der Waals surface area contributed by atoms with Crippen LogP contribution in [0, 0.1) is 5.92 Å². The molecule has 1 unspecified atom stereocenters. The standard InChI is InChI=1S/C18H18O3/c1-20-16-8-4-5-9-17(16)21-11-10-14-12-13-6-2-3-7-15(13)18(14)19/h2-9,14H,10-12H2,1H3. The van der Waals surface area contributed by atoms with Crippen molar-refractivity contribution in [2.75, 3.05) is 13.7 Å². The highest BCUT2D eigenvalue weighted by molar-refractivity contribution is 6.02. The number of fused-ring (bicyclic) bond motifs is 1. The van der Waals surface area contributed by atoms with Crippen molar-refractivity contribution < 1.29 is 14.3 Å². The lowest BCUT2D eigenvalue weighted by molar-refractivity contribution is 0.0918. The summed E-state index contributed by atoms with van der Waals surface area (Å²) >= 11 is 0. The van der Waals surface area contributed by atoms with Crippen LogP contribution in [-0.4, -0.2) is 19.5 Å². The Balaban J connectivity index is 1.59. The SMILES string of the molecule is COc1ccccc1OCCC1Cc2ccccc2C1=O. The Hall–Kier alpha value is -2.29. The molecule has 0 aromatic heterocycles. The van der Waals surface area contributed by atoms with Crippen LogP contribution in [0.25, 0.3) is 0 Å². The van der Waals surface area contributed by atoms with Crippen molar-refractivity contribution in [2.45, 2.75) is 12.8 Å². The predicted molar refractivity (Wildman–Crippen MR) is 81.1 cm³/mol. The Kier molecular flexibility index (Phi) is 3.91. The Morgan fingerprint density at radius 2 is 1.76 bits per heavy atom. The van der Waals surface area contributed by atoms with Gasteiger partial charge in [0.05, 0.1) is 13.7 Å². The van der Waals surface area contributed by atoms with E-state index < -0.39 is 0 Å². The number of rotatable bonds is 5. The van der Waals surface area contributed by atoms with Crippen LogP contribution in [0.3, 0.4) is 0 Å². The first kappa shape index (κ1) is 13.7. The summed E-state index contributed by atoms with van der Waals surface area (Å²) in [5.74, 6) is 1.73. The third-order valence-corrected chi connectivity index (χ3v) is 3.91. The molecule has 3 nitrogen and oxygen atoms in total. The summed E-state index contributed by atoms with van der Waals surface area (Å²) in [6.07, 6.45) is 1.55. The summed E-state index contributed by atoms with van der Waals surface area (Å²) in [5.41, 5.74) is 2.03. The van der Waals surface area contributed by atoms with E-state index in [-0.39, 0.29) is 11.7 Å². The topological polar surface area (TPSA) is 35.5 Å². The Labute approximate surface area is 124 Å². The van der Waals surface area contributed by atoms with Gasteiger partial charge in [0.15, 0.2) is 17.3 Å². The monoisotopic (exact) mass is 282 g/mol. The lowest BCUT2D eigenvalue weighted by atomic mass is 10.0. The van der Waals surface area contributed by atoms with E-state index in [0.717, 1.165) is 35.5 Å². The van der Waals surface area contributed by atoms with Crippen LogP contribution in [0.2, 0.25) is 0 Å². The lowest BCUT2D eigenvalue weighted by Gasteiger charge is -2.12.